The maximum absolute atomic E-state index is 9.32. The Morgan fingerprint density at radius 2 is 1.29 bits per heavy atom. The monoisotopic (exact) mass is 290 g/mol. The fourth-order valence-corrected chi connectivity index (χ4v) is 2.82. The lowest BCUT2D eigenvalue weighted by atomic mass is 9.76. The van der Waals surface area contributed by atoms with Gasteiger partial charge in [0.1, 0.15) is 0 Å². The van der Waals surface area contributed by atoms with Gasteiger partial charge in [-0.1, -0.05) is 89.0 Å². The average molecular weight is 290 g/mol. The van der Waals surface area contributed by atoms with Crippen LogP contribution in [0.15, 0.2) is 24.3 Å². The van der Waals surface area contributed by atoms with Crippen molar-refractivity contribution >= 4 is 12.6 Å². The second-order valence-electron chi connectivity index (χ2n) is 6.00. The Hall–Kier alpha value is -0.795. The predicted octanol–water partition coefficient (Wildman–Crippen LogP) is 3.83. The Labute approximate surface area is 130 Å². The summed E-state index contributed by atoms with van der Waals surface area (Å²) in [7, 11) is -1.34. The largest absolute Gasteiger partial charge is 0.488 e. The molecule has 118 valence electrons. The summed E-state index contributed by atoms with van der Waals surface area (Å²) in [5.41, 5.74) is 1.74. The van der Waals surface area contributed by atoms with Crippen molar-refractivity contribution in [2.24, 2.45) is 0 Å². The lowest BCUT2D eigenvalue weighted by Crippen LogP contribution is -2.32. The van der Waals surface area contributed by atoms with Crippen molar-refractivity contribution in [2.75, 3.05) is 0 Å². The Morgan fingerprint density at radius 1 is 0.762 bits per heavy atom. The molecule has 0 aromatic heterocycles. The van der Waals surface area contributed by atoms with Crippen molar-refractivity contribution in [3.63, 3.8) is 0 Å². The predicted molar refractivity (Wildman–Crippen MR) is 91.8 cm³/mol. The summed E-state index contributed by atoms with van der Waals surface area (Å²) >= 11 is 0. The molecule has 1 aromatic rings. The Bertz CT molecular complexity index is 366. The molecule has 0 aliphatic rings. The molecule has 0 saturated carbocycles. The van der Waals surface area contributed by atoms with Crippen LogP contribution in [0, 0.1) is 0 Å². The van der Waals surface area contributed by atoms with Gasteiger partial charge in [-0.25, -0.2) is 0 Å². The van der Waals surface area contributed by atoms with E-state index in [0.717, 1.165) is 18.4 Å². The minimum atomic E-state index is -1.34. The van der Waals surface area contributed by atoms with Crippen LogP contribution < -0.4 is 5.46 Å². The van der Waals surface area contributed by atoms with Gasteiger partial charge in [-0.2, -0.15) is 0 Å². The van der Waals surface area contributed by atoms with E-state index >= 15 is 0 Å². The van der Waals surface area contributed by atoms with E-state index in [1.807, 2.05) is 18.2 Å². The molecule has 1 rings (SSSR count). The van der Waals surface area contributed by atoms with Crippen molar-refractivity contribution in [2.45, 2.75) is 77.6 Å². The zero-order chi connectivity index (χ0) is 15.3. The smallest absolute Gasteiger partial charge is 0.423 e. The summed E-state index contributed by atoms with van der Waals surface area (Å²) in [4.78, 5) is 0. The van der Waals surface area contributed by atoms with E-state index in [0.29, 0.717) is 5.46 Å². The van der Waals surface area contributed by atoms with Gasteiger partial charge in [-0.3, -0.25) is 0 Å². The van der Waals surface area contributed by atoms with Crippen LogP contribution in [0.5, 0.6) is 0 Å². The SMILES string of the molecule is CCCCCCCCCCCCc1ccccc1B(O)O. The Balaban J connectivity index is 2.04. The molecule has 0 spiro atoms. The molecule has 0 saturated heterocycles. The molecule has 0 amide bonds. The van der Waals surface area contributed by atoms with Gasteiger partial charge < -0.3 is 10.0 Å². The summed E-state index contributed by atoms with van der Waals surface area (Å²) in [5.74, 6) is 0. The molecule has 2 nitrogen and oxygen atoms in total. The van der Waals surface area contributed by atoms with E-state index in [1.54, 1.807) is 6.07 Å². The summed E-state index contributed by atoms with van der Waals surface area (Å²) in [6, 6.07) is 7.63. The number of hydrogen-bond acceptors (Lipinski definition) is 2. The second-order valence-corrected chi connectivity index (χ2v) is 6.00. The van der Waals surface area contributed by atoms with Gasteiger partial charge in [0.25, 0.3) is 0 Å². The minimum Gasteiger partial charge on any atom is -0.423 e. The highest BCUT2D eigenvalue weighted by Gasteiger charge is 2.14. The van der Waals surface area contributed by atoms with E-state index < -0.39 is 7.12 Å². The number of aryl methyl sites for hydroxylation is 1. The van der Waals surface area contributed by atoms with Crippen molar-refractivity contribution in [1.29, 1.82) is 0 Å². The fraction of sp³-hybridized carbons (Fsp3) is 0.667. The van der Waals surface area contributed by atoms with Gasteiger partial charge in [0, 0.05) is 0 Å². The Morgan fingerprint density at radius 3 is 1.86 bits per heavy atom. The van der Waals surface area contributed by atoms with Gasteiger partial charge in [0.05, 0.1) is 0 Å². The van der Waals surface area contributed by atoms with Gasteiger partial charge in [-0.15, -0.1) is 0 Å². The quantitative estimate of drug-likeness (QED) is 0.454. The zero-order valence-electron chi connectivity index (χ0n) is 13.6. The molecular weight excluding hydrogens is 259 g/mol. The van der Waals surface area contributed by atoms with Gasteiger partial charge in [0.2, 0.25) is 0 Å². The summed E-state index contributed by atoms with van der Waals surface area (Å²) < 4.78 is 0. The summed E-state index contributed by atoms with van der Waals surface area (Å²) in [6.45, 7) is 2.26. The van der Waals surface area contributed by atoms with Gasteiger partial charge >= 0.3 is 7.12 Å². The maximum Gasteiger partial charge on any atom is 0.488 e. The molecule has 0 fully saturated rings. The van der Waals surface area contributed by atoms with Crippen molar-refractivity contribution < 1.29 is 10.0 Å². The molecule has 0 unspecified atom stereocenters. The first-order valence-electron chi connectivity index (χ1n) is 8.69. The second kappa shape index (κ2) is 11.8. The first kappa shape index (κ1) is 18.3. The molecule has 0 bridgehead atoms. The third-order valence-electron chi connectivity index (χ3n) is 4.13. The number of benzene rings is 1. The van der Waals surface area contributed by atoms with Crippen LogP contribution in [-0.2, 0) is 6.42 Å². The topological polar surface area (TPSA) is 40.5 Å². The number of unbranched alkanes of at least 4 members (excludes halogenated alkanes) is 9. The molecule has 2 N–H and O–H groups in total. The highest BCUT2D eigenvalue weighted by atomic mass is 16.4. The zero-order valence-corrected chi connectivity index (χ0v) is 13.6. The highest BCUT2D eigenvalue weighted by Crippen LogP contribution is 2.12. The summed E-state index contributed by atoms with van der Waals surface area (Å²) in [5, 5.41) is 18.6. The van der Waals surface area contributed by atoms with Crippen LogP contribution in [0.2, 0.25) is 0 Å². The van der Waals surface area contributed by atoms with Crippen LogP contribution in [0.25, 0.3) is 0 Å². The average Bonchev–Trinajstić information content (AvgIpc) is 2.49. The number of rotatable bonds is 12. The highest BCUT2D eigenvalue weighted by molar-refractivity contribution is 6.59. The van der Waals surface area contributed by atoms with Crippen molar-refractivity contribution in [3.05, 3.63) is 29.8 Å². The lowest BCUT2D eigenvalue weighted by Gasteiger charge is -2.08. The fourth-order valence-electron chi connectivity index (χ4n) is 2.82. The first-order chi connectivity index (χ1) is 10.3. The number of hydrogen-bond donors (Lipinski definition) is 2. The maximum atomic E-state index is 9.32. The van der Waals surface area contributed by atoms with Crippen LogP contribution in [-0.4, -0.2) is 17.2 Å². The first-order valence-corrected chi connectivity index (χ1v) is 8.69. The van der Waals surface area contributed by atoms with Crippen molar-refractivity contribution in [3.8, 4) is 0 Å². The normalized spacial score (nSPS) is 10.8. The standard InChI is InChI=1S/C18H31BO2/c1-2-3-4-5-6-7-8-9-10-11-14-17-15-12-13-16-18(17)19(20)21/h12-13,15-16,20-21H,2-11,14H2,1H3. The van der Waals surface area contributed by atoms with Gasteiger partial charge in [0.15, 0.2) is 0 Å². The molecular formula is C18H31BO2. The molecule has 21 heavy (non-hydrogen) atoms. The van der Waals surface area contributed by atoms with E-state index in [1.165, 1.54) is 57.8 Å². The van der Waals surface area contributed by atoms with Crippen molar-refractivity contribution in [1.82, 2.24) is 0 Å². The molecule has 0 aliphatic carbocycles. The van der Waals surface area contributed by atoms with Crippen LogP contribution >= 0.6 is 0 Å². The lowest BCUT2D eigenvalue weighted by molar-refractivity contribution is 0.425. The molecule has 0 atom stereocenters. The van der Waals surface area contributed by atoms with E-state index in [2.05, 4.69) is 6.92 Å². The molecule has 0 heterocycles. The molecule has 0 aliphatic heterocycles. The third kappa shape index (κ3) is 8.28. The van der Waals surface area contributed by atoms with E-state index in [4.69, 9.17) is 0 Å². The molecule has 0 radical (unpaired) electrons. The van der Waals surface area contributed by atoms with E-state index in [9.17, 15) is 10.0 Å². The van der Waals surface area contributed by atoms with Crippen LogP contribution in [0.3, 0.4) is 0 Å². The molecule has 3 heteroatoms. The van der Waals surface area contributed by atoms with Gasteiger partial charge in [-0.05, 0) is 23.9 Å². The molecule has 1 aromatic carbocycles. The third-order valence-corrected chi connectivity index (χ3v) is 4.13. The Kier molecular flexibility index (Phi) is 10.3. The summed E-state index contributed by atoms with van der Waals surface area (Å²) in [6.07, 6.45) is 14.2. The van der Waals surface area contributed by atoms with Crippen LogP contribution in [0.1, 0.15) is 76.7 Å². The van der Waals surface area contributed by atoms with Crippen LogP contribution in [0.4, 0.5) is 0 Å². The minimum absolute atomic E-state index is 0.661. The van der Waals surface area contributed by atoms with E-state index in [-0.39, 0.29) is 0 Å².